The lowest BCUT2D eigenvalue weighted by Gasteiger charge is -2.10. The van der Waals surface area contributed by atoms with E-state index in [1.807, 2.05) is 25.5 Å². The molecule has 0 atom stereocenters. The zero-order valence-electron chi connectivity index (χ0n) is 10.5. The highest BCUT2D eigenvalue weighted by Gasteiger charge is 2.16. The van der Waals surface area contributed by atoms with Crippen LogP contribution in [0, 0.1) is 20.8 Å². The fourth-order valence-electron chi connectivity index (χ4n) is 2.14. The fraction of sp³-hybridized carbons (Fsp3) is 0.500. The van der Waals surface area contributed by atoms with E-state index in [4.69, 9.17) is 5.73 Å². The summed E-state index contributed by atoms with van der Waals surface area (Å²) < 4.78 is 2.00. The van der Waals surface area contributed by atoms with Crippen LogP contribution in [0.5, 0.6) is 0 Å². The van der Waals surface area contributed by atoms with Gasteiger partial charge in [-0.2, -0.15) is 5.10 Å². The Bertz CT molecular complexity index is 552. The largest absolute Gasteiger partial charge is 0.397 e. The number of nitrogen functional groups attached to an aromatic ring is 1. The maximum absolute atomic E-state index is 6.09. The van der Waals surface area contributed by atoms with E-state index < -0.39 is 0 Å². The standard InChI is InChI=1S/C12H18N4/c1-6(2)16-12-9(5)14-8(4)11(13)10(12)7(3)15-16/h6H,13H2,1-5H3. The highest BCUT2D eigenvalue weighted by atomic mass is 15.3. The van der Waals surface area contributed by atoms with Crippen LogP contribution in [0.2, 0.25) is 0 Å². The van der Waals surface area contributed by atoms with Crippen molar-refractivity contribution in [3.8, 4) is 0 Å². The first-order valence-electron chi connectivity index (χ1n) is 5.55. The molecule has 0 amide bonds. The number of pyridine rings is 1. The number of anilines is 1. The predicted octanol–water partition coefficient (Wildman–Crippen LogP) is 2.52. The minimum atomic E-state index is 0.318. The summed E-state index contributed by atoms with van der Waals surface area (Å²) in [6.45, 7) is 10.2. The van der Waals surface area contributed by atoms with E-state index in [1.165, 1.54) is 0 Å². The SMILES string of the molecule is Cc1nc(C)c2c(c(C)nn2C(C)C)c1N. The van der Waals surface area contributed by atoms with Crippen LogP contribution in [0.15, 0.2) is 0 Å². The Kier molecular flexibility index (Phi) is 2.37. The van der Waals surface area contributed by atoms with Crippen molar-refractivity contribution in [2.75, 3.05) is 5.73 Å². The molecule has 0 aliphatic heterocycles. The van der Waals surface area contributed by atoms with Crippen LogP contribution in [-0.2, 0) is 0 Å². The van der Waals surface area contributed by atoms with Crippen LogP contribution < -0.4 is 5.73 Å². The van der Waals surface area contributed by atoms with Crippen molar-refractivity contribution in [3.05, 3.63) is 17.1 Å². The zero-order chi connectivity index (χ0) is 12.0. The van der Waals surface area contributed by atoms with Gasteiger partial charge in [0.15, 0.2) is 0 Å². The first-order chi connectivity index (χ1) is 7.43. The second-order valence-electron chi connectivity index (χ2n) is 4.54. The van der Waals surface area contributed by atoms with E-state index in [2.05, 4.69) is 23.9 Å². The average Bonchev–Trinajstić information content (AvgIpc) is 2.53. The van der Waals surface area contributed by atoms with Gasteiger partial charge in [-0.05, 0) is 34.6 Å². The van der Waals surface area contributed by atoms with Gasteiger partial charge in [-0.1, -0.05) is 0 Å². The predicted molar refractivity (Wildman–Crippen MR) is 66.5 cm³/mol. The van der Waals surface area contributed by atoms with Crippen molar-refractivity contribution in [1.82, 2.24) is 14.8 Å². The second-order valence-corrected chi connectivity index (χ2v) is 4.54. The summed E-state index contributed by atoms with van der Waals surface area (Å²) in [6.07, 6.45) is 0. The number of fused-ring (bicyclic) bond motifs is 1. The third kappa shape index (κ3) is 1.37. The lowest BCUT2D eigenvalue weighted by atomic mass is 10.1. The third-order valence-corrected chi connectivity index (χ3v) is 2.91. The minimum absolute atomic E-state index is 0.318. The molecule has 86 valence electrons. The van der Waals surface area contributed by atoms with Gasteiger partial charge in [0.2, 0.25) is 0 Å². The van der Waals surface area contributed by atoms with Gasteiger partial charge in [0.1, 0.15) is 0 Å². The number of hydrogen-bond acceptors (Lipinski definition) is 3. The molecule has 0 aliphatic carbocycles. The molecule has 16 heavy (non-hydrogen) atoms. The van der Waals surface area contributed by atoms with Gasteiger partial charge in [-0.3, -0.25) is 9.67 Å². The van der Waals surface area contributed by atoms with E-state index in [0.717, 1.165) is 33.7 Å². The van der Waals surface area contributed by atoms with Gasteiger partial charge in [-0.25, -0.2) is 0 Å². The molecule has 0 aromatic carbocycles. The van der Waals surface area contributed by atoms with Crippen LogP contribution in [0.4, 0.5) is 5.69 Å². The van der Waals surface area contributed by atoms with Crippen LogP contribution in [0.1, 0.15) is 37.0 Å². The van der Waals surface area contributed by atoms with Gasteiger partial charge < -0.3 is 5.73 Å². The molecule has 2 N–H and O–H groups in total. The van der Waals surface area contributed by atoms with Crippen LogP contribution >= 0.6 is 0 Å². The molecule has 4 heteroatoms. The molecule has 0 bridgehead atoms. The molecule has 0 fully saturated rings. The first-order valence-corrected chi connectivity index (χ1v) is 5.55. The molecule has 2 aromatic heterocycles. The summed E-state index contributed by atoms with van der Waals surface area (Å²) in [5.41, 5.74) is 10.8. The van der Waals surface area contributed by atoms with E-state index in [9.17, 15) is 0 Å². The van der Waals surface area contributed by atoms with E-state index in [0.29, 0.717) is 6.04 Å². The molecular formula is C12H18N4. The Morgan fingerprint density at radius 3 is 2.25 bits per heavy atom. The van der Waals surface area contributed by atoms with Crippen molar-refractivity contribution in [2.24, 2.45) is 0 Å². The number of nitrogens with zero attached hydrogens (tertiary/aromatic N) is 3. The molecule has 2 rings (SSSR count). The molecule has 0 unspecified atom stereocenters. The van der Waals surface area contributed by atoms with E-state index in [1.54, 1.807) is 0 Å². The molecule has 2 aromatic rings. The number of rotatable bonds is 1. The molecule has 0 spiro atoms. The lowest BCUT2D eigenvalue weighted by molar-refractivity contribution is 0.545. The van der Waals surface area contributed by atoms with Gasteiger partial charge in [0.25, 0.3) is 0 Å². The number of hydrogen-bond donors (Lipinski definition) is 1. The lowest BCUT2D eigenvalue weighted by Crippen LogP contribution is -2.05. The first kappa shape index (κ1) is 10.9. The molecule has 2 heterocycles. The highest BCUT2D eigenvalue weighted by Crippen LogP contribution is 2.29. The summed E-state index contributed by atoms with van der Waals surface area (Å²) in [5, 5.41) is 5.60. The van der Waals surface area contributed by atoms with Crippen molar-refractivity contribution < 1.29 is 0 Å². The van der Waals surface area contributed by atoms with E-state index in [-0.39, 0.29) is 0 Å². The Hall–Kier alpha value is -1.58. The monoisotopic (exact) mass is 218 g/mol. The summed E-state index contributed by atoms with van der Waals surface area (Å²) in [6, 6.07) is 0.318. The molecule has 0 saturated heterocycles. The zero-order valence-corrected chi connectivity index (χ0v) is 10.5. The second kappa shape index (κ2) is 3.47. The fourth-order valence-corrected chi connectivity index (χ4v) is 2.14. The highest BCUT2D eigenvalue weighted by molar-refractivity contribution is 5.95. The summed E-state index contributed by atoms with van der Waals surface area (Å²) >= 11 is 0. The quantitative estimate of drug-likeness (QED) is 0.800. The molecule has 0 aliphatic rings. The normalized spacial score (nSPS) is 11.6. The van der Waals surface area contributed by atoms with Gasteiger partial charge in [-0.15, -0.1) is 0 Å². The summed E-state index contributed by atoms with van der Waals surface area (Å²) in [4.78, 5) is 4.47. The molecule has 0 radical (unpaired) electrons. The Labute approximate surface area is 95.5 Å². The summed E-state index contributed by atoms with van der Waals surface area (Å²) in [7, 11) is 0. The topological polar surface area (TPSA) is 56.7 Å². The number of nitrogens with two attached hydrogens (primary N) is 1. The molecule has 4 nitrogen and oxygen atoms in total. The van der Waals surface area contributed by atoms with Crippen molar-refractivity contribution in [2.45, 2.75) is 40.7 Å². The Morgan fingerprint density at radius 2 is 1.69 bits per heavy atom. The van der Waals surface area contributed by atoms with Crippen molar-refractivity contribution >= 4 is 16.6 Å². The van der Waals surface area contributed by atoms with Crippen LogP contribution in [0.3, 0.4) is 0 Å². The molecule has 0 saturated carbocycles. The average molecular weight is 218 g/mol. The van der Waals surface area contributed by atoms with Crippen LogP contribution in [-0.4, -0.2) is 14.8 Å². The van der Waals surface area contributed by atoms with Gasteiger partial charge >= 0.3 is 0 Å². The maximum Gasteiger partial charge on any atom is 0.0921 e. The Morgan fingerprint density at radius 1 is 1.06 bits per heavy atom. The third-order valence-electron chi connectivity index (χ3n) is 2.91. The van der Waals surface area contributed by atoms with Gasteiger partial charge in [0.05, 0.1) is 28.3 Å². The number of aromatic nitrogens is 3. The number of aryl methyl sites for hydroxylation is 3. The minimum Gasteiger partial charge on any atom is -0.397 e. The van der Waals surface area contributed by atoms with Crippen LogP contribution in [0.25, 0.3) is 10.9 Å². The smallest absolute Gasteiger partial charge is 0.0921 e. The van der Waals surface area contributed by atoms with Gasteiger partial charge in [0, 0.05) is 11.4 Å². The maximum atomic E-state index is 6.09. The van der Waals surface area contributed by atoms with Crippen molar-refractivity contribution in [1.29, 1.82) is 0 Å². The van der Waals surface area contributed by atoms with Crippen molar-refractivity contribution in [3.63, 3.8) is 0 Å². The molecular weight excluding hydrogens is 200 g/mol. The van der Waals surface area contributed by atoms with E-state index >= 15 is 0 Å². The summed E-state index contributed by atoms with van der Waals surface area (Å²) in [5.74, 6) is 0. The Balaban J connectivity index is 2.96.